The molecule has 2 aliphatic heterocycles. The van der Waals surface area contributed by atoms with E-state index in [9.17, 15) is 14.7 Å². The van der Waals surface area contributed by atoms with Crippen LogP contribution in [0.1, 0.15) is 95.1 Å². The first-order chi connectivity index (χ1) is 14.4. The fourth-order valence-electron chi connectivity index (χ4n) is 4.67. The second-order valence-corrected chi connectivity index (χ2v) is 11.4. The van der Waals surface area contributed by atoms with Crippen molar-refractivity contribution in [2.45, 2.75) is 84.5 Å². The third-order valence-electron chi connectivity index (χ3n) is 6.81. The molecule has 172 valence electrons. The van der Waals surface area contributed by atoms with Gasteiger partial charge in [0.1, 0.15) is 5.75 Å². The molecule has 0 spiro atoms. The summed E-state index contributed by atoms with van der Waals surface area (Å²) in [5.41, 5.74) is 1.84. The number of phenols is 1. The molecule has 2 saturated heterocycles. The Balaban J connectivity index is 1.78. The number of carbonyl (C=O) groups is 2. The number of rotatable bonds is 2. The Morgan fingerprint density at radius 1 is 0.839 bits per heavy atom. The molecule has 0 aliphatic carbocycles. The quantitative estimate of drug-likeness (QED) is 0.732. The number of amides is 2. The molecule has 0 atom stereocenters. The van der Waals surface area contributed by atoms with Crippen molar-refractivity contribution in [3.63, 3.8) is 0 Å². The van der Waals surface area contributed by atoms with E-state index in [1.54, 1.807) is 0 Å². The Hall–Kier alpha value is -2.04. The van der Waals surface area contributed by atoms with Crippen molar-refractivity contribution in [3.8, 4) is 5.75 Å². The monoisotopic (exact) mass is 428 g/mol. The summed E-state index contributed by atoms with van der Waals surface area (Å²) in [4.78, 5) is 30.1. The van der Waals surface area contributed by atoms with E-state index in [1.165, 1.54) is 6.42 Å². The van der Waals surface area contributed by atoms with Crippen LogP contribution in [0.15, 0.2) is 12.1 Å². The smallest absolute Gasteiger partial charge is 0.257 e. The van der Waals surface area contributed by atoms with Crippen LogP contribution in [-0.4, -0.2) is 52.9 Å². The molecule has 2 fully saturated rings. The number of carbonyl (C=O) groups excluding carboxylic acids is 2. The van der Waals surface area contributed by atoms with Gasteiger partial charge in [0.15, 0.2) is 0 Å². The van der Waals surface area contributed by atoms with Gasteiger partial charge in [-0.2, -0.15) is 0 Å². The van der Waals surface area contributed by atoms with Crippen LogP contribution in [0.2, 0.25) is 0 Å². The second kappa shape index (κ2) is 8.84. The summed E-state index contributed by atoms with van der Waals surface area (Å²) < 4.78 is 0. The van der Waals surface area contributed by atoms with Crippen LogP contribution in [-0.2, 0) is 15.6 Å². The average Bonchev–Trinajstić information content (AvgIpc) is 2.72. The number of benzene rings is 1. The molecule has 31 heavy (non-hydrogen) atoms. The number of piperidine rings is 2. The van der Waals surface area contributed by atoms with Crippen LogP contribution in [0.3, 0.4) is 0 Å². The topological polar surface area (TPSA) is 60.9 Å². The number of hydrogen-bond acceptors (Lipinski definition) is 3. The van der Waals surface area contributed by atoms with Gasteiger partial charge in [0.25, 0.3) is 5.91 Å². The molecule has 2 heterocycles. The first-order valence-corrected chi connectivity index (χ1v) is 11.9. The van der Waals surface area contributed by atoms with Crippen LogP contribution in [0.4, 0.5) is 0 Å². The third kappa shape index (κ3) is 5.24. The van der Waals surface area contributed by atoms with Crippen molar-refractivity contribution in [1.82, 2.24) is 9.80 Å². The summed E-state index contributed by atoms with van der Waals surface area (Å²) in [7, 11) is 0. The highest BCUT2D eigenvalue weighted by Gasteiger charge is 2.33. The summed E-state index contributed by atoms with van der Waals surface area (Å²) in [5.74, 6) is 0.246. The van der Waals surface area contributed by atoms with Crippen molar-refractivity contribution in [1.29, 1.82) is 0 Å². The van der Waals surface area contributed by atoms with Crippen LogP contribution < -0.4 is 0 Å². The van der Waals surface area contributed by atoms with Gasteiger partial charge in [-0.05, 0) is 54.6 Å². The lowest BCUT2D eigenvalue weighted by Crippen LogP contribution is -2.45. The molecule has 2 aliphatic rings. The fourth-order valence-corrected chi connectivity index (χ4v) is 4.67. The Kier molecular flexibility index (Phi) is 6.73. The van der Waals surface area contributed by atoms with E-state index in [4.69, 9.17) is 0 Å². The van der Waals surface area contributed by atoms with Gasteiger partial charge in [0.2, 0.25) is 5.91 Å². The summed E-state index contributed by atoms with van der Waals surface area (Å²) in [6.07, 6.45) is 4.81. The summed E-state index contributed by atoms with van der Waals surface area (Å²) in [5, 5.41) is 11.0. The zero-order chi connectivity index (χ0) is 23.0. The van der Waals surface area contributed by atoms with E-state index >= 15 is 0 Å². The molecule has 5 heteroatoms. The summed E-state index contributed by atoms with van der Waals surface area (Å²) in [6.45, 7) is 15.4. The van der Waals surface area contributed by atoms with Gasteiger partial charge in [0.05, 0.1) is 5.56 Å². The van der Waals surface area contributed by atoms with Crippen molar-refractivity contribution in [3.05, 3.63) is 28.8 Å². The number of nitrogens with zero attached hydrogens (tertiary/aromatic N) is 2. The number of phenolic OH excluding ortho intramolecular Hbond substituents is 1. The van der Waals surface area contributed by atoms with Crippen LogP contribution in [0.25, 0.3) is 0 Å². The van der Waals surface area contributed by atoms with Crippen LogP contribution >= 0.6 is 0 Å². The Bertz CT molecular complexity index is 818. The minimum absolute atomic E-state index is 0.0155. The molecule has 0 radical (unpaired) electrons. The highest BCUT2D eigenvalue weighted by molar-refractivity contribution is 5.98. The fraction of sp³-hybridized carbons (Fsp3) is 0.692. The highest BCUT2D eigenvalue weighted by atomic mass is 16.3. The zero-order valence-electron chi connectivity index (χ0n) is 20.3. The summed E-state index contributed by atoms with van der Waals surface area (Å²) in [6, 6.07) is 3.90. The normalized spacial score (nSPS) is 18.9. The predicted molar refractivity (Wildman–Crippen MR) is 125 cm³/mol. The molecule has 2 amide bonds. The van der Waals surface area contributed by atoms with E-state index in [-0.39, 0.29) is 34.3 Å². The van der Waals surface area contributed by atoms with Crippen LogP contribution in [0.5, 0.6) is 5.75 Å². The average molecular weight is 429 g/mol. The summed E-state index contributed by atoms with van der Waals surface area (Å²) >= 11 is 0. The lowest BCUT2D eigenvalue weighted by atomic mass is 9.78. The van der Waals surface area contributed by atoms with Gasteiger partial charge >= 0.3 is 0 Å². The van der Waals surface area contributed by atoms with Gasteiger partial charge in [-0.15, -0.1) is 0 Å². The molecule has 1 aromatic carbocycles. The molecule has 0 saturated carbocycles. The standard InChI is InChI=1S/C26H40N2O3/c1-25(2,3)19-16-20(22(29)21(17-19)26(4,5)6)24(31)28-14-10-18(11-15-28)23(30)27-12-8-7-9-13-27/h16-18,29H,7-15H2,1-6H3. The van der Waals surface area contributed by atoms with Crippen molar-refractivity contribution < 1.29 is 14.7 Å². The SMILES string of the molecule is CC(C)(C)c1cc(C(=O)N2CCC(C(=O)N3CCCCC3)CC2)c(O)c(C(C)(C)C)c1. The zero-order valence-corrected chi connectivity index (χ0v) is 20.3. The molecule has 3 rings (SSSR count). The van der Waals surface area contributed by atoms with Crippen LogP contribution in [0, 0.1) is 5.92 Å². The maximum atomic E-state index is 13.4. The lowest BCUT2D eigenvalue weighted by molar-refractivity contribution is -0.137. The van der Waals surface area contributed by atoms with E-state index < -0.39 is 0 Å². The molecule has 1 aromatic rings. The maximum absolute atomic E-state index is 13.4. The highest BCUT2D eigenvalue weighted by Crippen LogP contribution is 2.38. The largest absolute Gasteiger partial charge is 0.507 e. The van der Waals surface area contributed by atoms with Gasteiger partial charge < -0.3 is 14.9 Å². The van der Waals surface area contributed by atoms with E-state index in [1.807, 2.05) is 21.9 Å². The number of hydrogen-bond donors (Lipinski definition) is 1. The third-order valence-corrected chi connectivity index (χ3v) is 6.81. The lowest BCUT2D eigenvalue weighted by Gasteiger charge is -2.36. The second-order valence-electron chi connectivity index (χ2n) is 11.4. The minimum atomic E-state index is -0.270. The molecule has 0 bridgehead atoms. The van der Waals surface area contributed by atoms with Gasteiger partial charge in [-0.25, -0.2) is 0 Å². The Morgan fingerprint density at radius 2 is 1.42 bits per heavy atom. The van der Waals surface area contributed by atoms with Crippen molar-refractivity contribution in [2.75, 3.05) is 26.2 Å². The first-order valence-electron chi connectivity index (χ1n) is 11.9. The Morgan fingerprint density at radius 3 is 1.94 bits per heavy atom. The molecular weight excluding hydrogens is 388 g/mol. The van der Waals surface area contributed by atoms with E-state index in [0.29, 0.717) is 31.5 Å². The van der Waals surface area contributed by atoms with Gasteiger partial charge in [0, 0.05) is 37.7 Å². The maximum Gasteiger partial charge on any atom is 0.257 e. The minimum Gasteiger partial charge on any atom is -0.507 e. The van der Waals surface area contributed by atoms with Gasteiger partial charge in [-0.3, -0.25) is 9.59 Å². The Labute approximate surface area is 187 Å². The van der Waals surface area contributed by atoms with Crippen molar-refractivity contribution >= 4 is 11.8 Å². The first kappa shape index (κ1) is 23.6. The number of aromatic hydroxyl groups is 1. The molecule has 0 unspecified atom stereocenters. The van der Waals surface area contributed by atoms with E-state index in [2.05, 4.69) is 41.5 Å². The molecule has 1 N–H and O–H groups in total. The molecule has 5 nitrogen and oxygen atoms in total. The molecule has 0 aromatic heterocycles. The number of likely N-dealkylation sites (tertiary alicyclic amines) is 2. The molecular formula is C26H40N2O3. The van der Waals surface area contributed by atoms with Gasteiger partial charge in [-0.1, -0.05) is 47.6 Å². The predicted octanol–water partition coefficient (Wildman–Crippen LogP) is 4.85. The van der Waals surface area contributed by atoms with E-state index in [0.717, 1.165) is 37.1 Å². The van der Waals surface area contributed by atoms with Crippen molar-refractivity contribution in [2.24, 2.45) is 5.92 Å².